The average molecular weight is 172 g/mol. The van der Waals surface area contributed by atoms with Crippen molar-refractivity contribution < 1.29 is 4.21 Å². The largest absolute Gasteiger partial charge is 0.248 e. The summed E-state index contributed by atoms with van der Waals surface area (Å²) in [5.41, 5.74) is 0. The normalized spacial score (nSPS) is 44.1. The van der Waals surface area contributed by atoms with Crippen LogP contribution in [0.3, 0.4) is 0 Å². The van der Waals surface area contributed by atoms with Gasteiger partial charge in [-0.25, -0.2) is 8.57 Å². The Hall–Kier alpha value is -0.560. The SMILES string of the molecule is C[C@@]1(C#N)CCCN=[S@]1(C)=O. The van der Waals surface area contributed by atoms with E-state index in [1.165, 1.54) is 0 Å². The van der Waals surface area contributed by atoms with Gasteiger partial charge < -0.3 is 0 Å². The Morgan fingerprint density at radius 3 is 2.73 bits per heavy atom. The molecule has 1 aliphatic heterocycles. The van der Waals surface area contributed by atoms with Crippen LogP contribution in [0.2, 0.25) is 0 Å². The molecular weight excluding hydrogens is 160 g/mol. The summed E-state index contributed by atoms with van der Waals surface area (Å²) in [6, 6.07) is 2.10. The highest BCUT2D eigenvalue weighted by atomic mass is 32.2. The molecule has 0 spiro atoms. The molecule has 1 rings (SSSR count). The standard InChI is InChI=1S/C7H12N2OS/c1-7(6-8)4-3-5-9-11(7,2)10/h3-5H2,1-2H3/t7-,11+/m0/s1. The molecule has 0 saturated heterocycles. The van der Waals surface area contributed by atoms with Gasteiger partial charge >= 0.3 is 0 Å². The van der Waals surface area contributed by atoms with Crippen molar-refractivity contribution in [2.75, 3.05) is 12.8 Å². The number of hydrogen-bond acceptors (Lipinski definition) is 3. The summed E-state index contributed by atoms with van der Waals surface area (Å²) in [6.07, 6.45) is 3.17. The van der Waals surface area contributed by atoms with Crippen LogP contribution in [-0.4, -0.2) is 21.8 Å². The Labute approximate surface area is 67.6 Å². The lowest BCUT2D eigenvalue weighted by molar-refractivity contribution is 0.589. The third-order valence-electron chi connectivity index (χ3n) is 2.22. The predicted octanol–water partition coefficient (Wildman–Crippen LogP) is 1.16. The van der Waals surface area contributed by atoms with Gasteiger partial charge in [0.1, 0.15) is 4.75 Å². The smallest absolute Gasteiger partial charge is 0.137 e. The first kappa shape index (κ1) is 8.54. The van der Waals surface area contributed by atoms with Crippen LogP contribution in [-0.2, 0) is 9.73 Å². The molecule has 0 radical (unpaired) electrons. The predicted molar refractivity (Wildman–Crippen MR) is 44.6 cm³/mol. The third-order valence-corrected chi connectivity index (χ3v) is 4.86. The molecule has 0 aromatic rings. The first-order valence-corrected chi connectivity index (χ1v) is 5.53. The summed E-state index contributed by atoms with van der Waals surface area (Å²) in [5.74, 6) is 0. The lowest BCUT2D eigenvalue weighted by Gasteiger charge is -2.26. The van der Waals surface area contributed by atoms with E-state index in [1.54, 1.807) is 13.2 Å². The zero-order valence-corrected chi connectivity index (χ0v) is 7.65. The zero-order chi connectivity index (χ0) is 8.54. The second-order valence-electron chi connectivity index (χ2n) is 3.10. The number of rotatable bonds is 0. The number of nitrogens with zero attached hydrogens (tertiary/aromatic N) is 2. The highest BCUT2D eigenvalue weighted by molar-refractivity contribution is 7.94. The molecule has 3 nitrogen and oxygen atoms in total. The minimum absolute atomic E-state index is 0.645. The molecule has 0 bridgehead atoms. The van der Waals surface area contributed by atoms with Crippen molar-refractivity contribution in [2.45, 2.75) is 24.5 Å². The van der Waals surface area contributed by atoms with Gasteiger partial charge in [-0.2, -0.15) is 5.26 Å². The van der Waals surface area contributed by atoms with Crippen molar-refractivity contribution in [3.63, 3.8) is 0 Å². The minimum Gasteiger partial charge on any atom is -0.248 e. The van der Waals surface area contributed by atoms with E-state index < -0.39 is 14.5 Å². The molecule has 62 valence electrons. The zero-order valence-electron chi connectivity index (χ0n) is 6.83. The Morgan fingerprint density at radius 2 is 2.36 bits per heavy atom. The van der Waals surface area contributed by atoms with E-state index in [-0.39, 0.29) is 0 Å². The van der Waals surface area contributed by atoms with E-state index >= 15 is 0 Å². The van der Waals surface area contributed by atoms with Crippen LogP contribution < -0.4 is 0 Å². The summed E-state index contributed by atoms with van der Waals surface area (Å²) in [7, 11) is -2.26. The van der Waals surface area contributed by atoms with Crippen molar-refractivity contribution >= 4 is 9.73 Å². The molecule has 0 amide bonds. The monoisotopic (exact) mass is 172 g/mol. The molecule has 1 aliphatic rings. The Kier molecular flexibility index (Phi) is 1.93. The fourth-order valence-electron chi connectivity index (χ4n) is 1.13. The highest BCUT2D eigenvalue weighted by Gasteiger charge is 2.35. The summed E-state index contributed by atoms with van der Waals surface area (Å²) in [5, 5.41) is 8.80. The van der Waals surface area contributed by atoms with Crippen molar-refractivity contribution in [1.29, 1.82) is 5.26 Å². The fourth-order valence-corrected chi connectivity index (χ4v) is 2.58. The maximum atomic E-state index is 11.7. The average Bonchev–Trinajstić information content (AvgIpc) is 1.95. The van der Waals surface area contributed by atoms with Gasteiger partial charge in [0.25, 0.3) is 0 Å². The van der Waals surface area contributed by atoms with Gasteiger partial charge in [-0.1, -0.05) is 0 Å². The Balaban J connectivity index is 3.20. The van der Waals surface area contributed by atoms with Crippen LogP contribution in [0.25, 0.3) is 0 Å². The van der Waals surface area contributed by atoms with Crippen LogP contribution in [0, 0.1) is 11.3 Å². The van der Waals surface area contributed by atoms with Gasteiger partial charge in [0.05, 0.1) is 15.8 Å². The summed E-state index contributed by atoms with van der Waals surface area (Å²) >= 11 is 0. The van der Waals surface area contributed by atoms with Crippen LogP contribution in [0.5, 0.6) is 0 Å². The Bertz CT molecular complexity index is 309. The molecule has 0 unspecified atom stereocenters. The van der Waals surface area contributed by atoms with E-state index in [9.17, 15) is 4.21 Å². The van der Waals surface area contributed by atoms with Crippen LogP contribution in [0.4, 0.5) is 0 Å². The van der Waals surface area contributed by atoms with Crippen LogP contribution >= 0.6 is 0 Å². The van der Waals surface area contributed by atoms with Crippen molar-refractivity contribution in [2.24, 2.45) is 4.36 Å². The molecule has 0 fully saturated rings. The van der Waals surface area contributed by atoms with E-state index in [2.05, 4.69) is 10.4 Å². The number of hydrogen-bond donors (Lipinski definition) is 0. The minimum atomic E-state index is -2.26. The van der Waals surface area contributed by atoms with E-state index in [0.717, 1.165) is 6.42 Å². The molecule has 4 heteroatoms. The van der Waals surface area contributed by atoms with Gasteiger partial charge in [0.15, 0.2) is 0 Å². The molecule has 11 heavy (non-hydrogen) atoms. The maximum absolute atomic E-state index is 11.7. The molecule has 0 saturated carbocycles. The summed E-state index contributed by atoms with van der Waals surface area (Å²) in [6.45, 7) is 2.38. The number of nitriles is 1. The third kappa shape index (κ3) is 1.25. The summed E-state index contributed by atoms with van der Waals surface area (Å²) in [4.78, 5) is 0. The molecule has 2 atom stereocenters. The lowest BCUT2D eigenvalue weighted by Crippen LogP contribution is -2.35. The topological polar surface area (TPSA) is 53.2 Å². The van der Waals surface area contributed by atoms with Gasteiger partial charge in [0.2, 0.25) is 0 Å². The quantitative estimate of drug-likeness (QED) is 0.550. The molecule has 0 N–H and O–H groups in total. The molecular formula is C7H12N2OS. The second kappa shape index (κ2) is 2.49. The van der Waals surface area contributed by atoms with Gasteiger partial charge in [-0.15, -0.1) is 0 Å². The van der Waals surface area contributed by atoms with E-state index in [0.29, 0.717) is 13.0 Å². The highest BCUT2D eigenvalue weighted by Crippen LogP contribution is 2.27. The maximum Gasteiger partial charge on any atom is 0.137 e. The van der Waals surface area contributed by atoms with Crippen LogP contribution in [0.15, 0.2) is 4.36 Å². The summed E-state index contributed by atoms with van der Waals surface area (Å²) < 4.78 is 15.0. The van der Waals surface area contributed by atoms with E-state index in [1.807, 2.05) is 0 Å². The van der Waals surface area contributed by atoms with Crippen molar-refractivity contribution in [3.8, 4) is 6.07 Å². The van der Waals surface area contributed by atoms with Gasteiger partial charge in [-0.05, 0) is 19.8 Å². The molecule has 0 aromatic heterocycles. The Morgan fingerprint density at radius 1 is 1.73 bits per heavy atom. The molecule has 0 aromatic carbocycles. The van der Waals surface area contributed by atoms with Gasteiger partial charge in [-0.3, -0.25) is 0 Å². The van der Waals surface area contributed by atoms with Gasteiger partial charge in [0, 0.05) is 12.8 Å². The first-order valence-electron chi connectivity index (χ1n) is 3.61. The van der Waals surface area contributed by atoms with E-state index in [4.69, 9.17) is 5.26 Å². The fraction of sp³-hybridized carbons (Fsp3) is 0.857. The lowest BCUT2D eigenvalue weighted by atomic mass is 10.1. The second-order valence-corrected chi connectivity index (χ2v) is 5.87. The van der Waals surface area contributed by atoms with Crippen molar-refractivity contribution in [3.05, 3.63) is 0 Å². The first-order chi connectivity index (χ1) is 5.02. The molecule has 0 aliphatic carbocycles. The van der Waals surface area contributed by atoms with Crippen LogP contribution in [0.1, 0.15) is 19.8 Å². The van der Waals surface area contributed by atoms with Crippen molar-refractivity contribution in [1.82, 2.24) is 0 Å². The molecule has 1 heterocycles.